The maximum atomic E-state index is 12.5. The number of carbonyl (C=O) groups excluding carboxylic acids is 1. The predicted molar refractivity (Wildman–Crippen MR) is 87.3 cm³/mol. The van der Waals surface area contributed by atoms with E-state index in [2.05, 4.69) is 30.7 Å². The molecule has 0 N–H and O–H groups in total. The summed E-state index contributed by atoms with van der Waals surface area (Å²) in [6.07, 6.45) is 8.85. The molecule has 0 bridgehead atoms. The Morgan fingerprint density at radius 1 is 1.14 bits per heavy atom. The van der Waals surface area contributed by atoms with Crippen LogP contribution in [0.15, 0.2) is 12.4 Å². The number of nitrogens with zero attached hydrogens (tertiary/aromatic N) is 3. The van der Waals surface area contributed by atoms with Gasteiger partial charge in [-0.1, -0.05) is 41.0 Å². The first-order valence-corrected chi connectivity index (χ1v) is 8.19. The fraction of sp³-hybridized carbons (Fsp3) is 0.706. The summed E-state index contributed by atoms with van der Waals surface area (Å²) < 4.78 is 0. The number of amides is 1. The summed E-state index contributed by atoms with van der Waals surface area (Å²) in [7, 11) is 0. The van der Waals surface area contributed by atoms with Crippen molar-refractivity contribution in [2.75, 3.05) is 4.90 Å². The Morgan fingerprint density at radius 3 is 2.14 bits per heavy atom. The number of aromatic nitrogens is 2. The number of hydrogen-bond donors (Lipinski definition) is 0. The molecule has 1 rings (SSSR count). The van der Waals surface area contributed by atoms with Gasteiger partial charge in [0, 0.05) is 24.4 Å². The summed E-state index contributed by atoms with van der Waals surface area (Å²) in [5, 5.41) is 0. The third kappa shape index (κ3) is 4.80. The molecule has 0 radical (unpaired) electrons. The number of unbranched alkanes of at least 4 members (excludes halogenated alkanes) is 1. The van der Waals surface area contributed by atoms with Crippen molar-refractivity contribution in [3.8, 4) is 0 Å². The molecule has 0 aliphatic heterocycles. The van der Waals surface area contributed by atoms with Gasteiger partial charge in [0.2, 0.25) is 11.9 Å². The van der Waals surface area contributed by atoms with E-state index in [0.717, 1.165) is 37.7 Å². The van der Waals surface area contributed by atoms with Crippen molar-refractivity contribution in [2.45, 2.75) is 72.8 Å². The van der Waals surface area contributed by atoms with E-state index in [1.54, 1.807) is 4.90 Å². The van der Waals surface area contributed by atoms with E-state index < -0.39 is 0 Å². The monoisotopic (exact) mass is 291 g/mol. The van der Waals surface area contributed by atoms with Gasteiger partial charge in [-0.25, -0.2) is 9.97 Å². The normalized spacial score (nSPS) is 11.2. The van der Waals surface area contributed by atoms with Crippen molar-refractivity contribution in [1.29, 1.82) is 0 Å². The molecule has 4 nitrogen and oxygen atoms in total. The number of rotatable bonds is 8. The predicted octanol–water partition coefficient (Wildman–Crippen LogP) is 4.00. The van der Waals surface area contributed by atoms with E-state index in [1.165, 1.54) is 0 Å². The van der Waals surface area contributed by atoms with Gasteiger partial charge in [-0.2, -0.15) is 0 Å². The van der Waals surface area contributed by atoms with Crippen LogP contribution in [0.1, 0.15) is 65.9 Å². The summed E-state index contributed by atoms with van der Waals surface area (Å²) in [4.78, 5) is 23.2. The van der Waals surface area contributed by atoms with Crippen molar-refractivity contribution in [3.63, 3.8) is 0 Å². The molecule has 0 aliphatic carbocycles. The Bertz CT molecular complexity index is 424. The highest BCUT2D eigenvalue weighted by Crippen LogP contribution is 2.19. The molecule has 0 atom stereocenters. The Balaban J connectivity index is 3.00. The molecule has 0 aromatic carbocycles. The highest BCUT2D eigenvalue weighted by molar-refractivity contribution is 5.93. The van der Waals surface area contributed by atoms with Gasteiger partial charge in [-0.15, -0.1) is 0 Å². The quantitative estimate of drug-likeness (QED) is 0.727. The highest BCUT2D eigenvalue weighted by Gasteiger charge is 2.26. The molecule has 21 heavy (non-hydrogen) atoms. The van der Waals surface area contributed by atoms with Crippen LogP contribution in [0.3, 0.4) is 0 Å². The minimum Gasteiger partial charge on any atom is -0.277 e. The molecule has 0 aliphatic rings. The fourth-order valence-electron chi connectivity index (χ4n) is 2.36. The van der Waals surface area contributed by atoms with Crippen molar-refractivity contribution in [2.24, 2.45) is 5.92 Å². The minimum absolute atomic E-state index is 0.0473. The SMILES string of the molecule is CCCCc1cnc(N(C(=O)C(C)C)C(CC)CC)nc1. The largest absolute Gasteiger partial charge is 0.277 e. The summed E-state index contributed by atoms with van der Waals surface area (Å²) >= 11 is 0. The lowest BCUT2D eigenvalue weighted by Crippen LogP contribution is -2.43. The lowest BCUT2D eigenvalue weighted by atomic mass is 10.1. The summed E-state index contributed by atoms with van der Waals surface area (Å²) in [5.74, 6) is 0.599. The van der Waals surface area contributed by atoms with E-state index in [1.807, 2.05) is 26.2 Å². The molecule has 1 aromatic heterocycles. The molecule has 0 unspecified atom stereocenters. The second-order valence-electron chi connectivity index (χ2n) is 5.83. The van der Waals surface area contributed by atoms with Crippen LogP contribution < -0.4 is 4.90 Å². The molecule has 1 aromatic rings. The van der Waals surface area contributed by atoms with Crippen LogP contribution in [0.25, 0.3) is 0 Å². The minimum atomic E-state index is -0.0473. The van der Waals surface area contributed by atoms with Crippen molar-refractivity contribution in [1.82, 2.24) is 9.97 Å². The van der Waals surface area contributed by atoms with Crippen LogP contribution in [0.4, 0.5) is 5.95 Å². The van der Waals surface area contributed by atoms with Gasteiger partial charge in [-0.05, 0) is 31.2 Å². The van der Waals surface area contributed by atoms with Crippen molar-refractivity contribution >= 4 is 11.9 Å². The van der Waals surface area contributed by atoms with Crippen LogP contribution in [0, 0.1) is 5.92 Å². The Hall–Kier alpha value is -1.45. The molecule has 4 heteroatoms. The van der Waals surface area contributed by atoms with Gasteiger partial charge in [0.15, 0.2) is 0 Å². The van der Waals surface area contributed by atoms with Crippen LogP contribution in [-0.4, -0.2) is 21.9 Å². The van der Waals surface area contributed by atoms with E-state index in [-0.39, 0.29) is 17.9 Å². The smallest absolute Gasteiger partial charge is 0.232 e. The first-order valence-electron chi connectivity index (χ1n) is 8.19. The molecule has 0 saturated carbocycles. The summed E-state index contributed by atoms with van der Waals surface area (Å²) in [6.45, 7) is 10.2. The van der Waals surface area contributed by atoms with Gasteiger partial charge in [0.05, 0.1) is 0 Å². The number of anilines is 1. The Morgan fingerprint density at radius 2 is 1.71 bits per heavy atom. The average molecular weight is 291 g/mol. The third-order valence-electron chi connectivity index (χ3n) is 3.77. The van der Waals surface area contributed by atoms with Gasteiger partial charge >= 0.3 is 0 Å². The molecule has 118 valence electrons. The zero-order valence-electron chi connectivity index (χ0n) is 14.1. The van der Waals surface area contributed by atoms with Gasteiger partial charge in [0.25, 0.3) is 0 Å². The molecule has 0 spiro atoms. The highest BCUT2D eigenvalue weighted by atomic mass is 16.2. The molecular weight excluding hydrogens is 262 g/mol. The summed E-state index contributed by atoms with van der Waals surface area (Å²) in [6, 6.07) is 0.168. The van der Waals surface area contributed by atoms with Crippen LogP contribution in [0.2, 0.25) is 0 Å². The van der Waals surface area contributed by atoms with Gasteiger partial charge < -0.3 is 0 Å². The number of carbonyl (C=O) groups is 1. The van der Waals surface area contributed by atoms with E-state index in [9.17, 15) is 4.79 Å². The average Bonchev–Trinajstić information content (AvgIpc) is 2.50. The van der Waals surface area contributed by atoms with Crippen LogP contribution >= 0.6 is 0 Å². The number of hydrogen-bond acceptors (Lipinski definition) is 3. The first kappa shape index (κ1) is 17.6. The Labute approximate surface area is 129 Å². The molecule has 0 fully saturated rings. The topological polar surface area (TPSA) is 46.1 Å². The molecule has 0 saturated heterocycles. The zero-order chi connectivity index (χ0) is 15.8. The third-order valence-corrected chi connectivity index (χ3v) is 3.77. The Kier molecular flexibility index (Phi) is 7.34. The zero-order valence-corrected chi connectivity index (χ0v) is 14.1. The molecule has 1 heterocycles. The van der Waals surface area contributed by atoms with Crippen LogP contribution in [-0.2, 0) is 11.2 Å². The van der Waals surface area contributed by atoms with Gasteiger partial charge in [-0.3, -0.25) is 9.69 Å². The molecule has 1 amide bonds. The second kappa shape index (κ2) is 8.75. The molecular formula is C17H29N3O. The maximum Gasteiger partial charge on any atom is 0.232 e. The van der Waals surface area contributed by atoms with E-state index >= 15 is 0 Å². The number of aryl methyl sites for hydroxylation is 1. The van der Waals surface area contributed by atoms with Crippen molar-refractivity contribution < 1.29 is 4.79 Å². The lowest BCUT2D eigenvalue weighted by Gasteiger charge is -2.30. The van der Waals surface area contributed by atoms with Crippen LogP contribution in [0.5, 0.6) is 0 Å². The maximum absolute atomic E-state index is 12.5. The lowest BCUT2D eigenvalue weighted by molar-refractivity contribution is -0.122. The van der Waals surface area contributed by atoms with Gasteiger partial charge in [0.1, 0.15) is 0 Å². The first-order chi connectivity index (χ1) is 10.0. The standard InChI is InChI=1S/C17H29N3O/c1-6-9-10-14-11-18-17(19-12-14)20(15(7-2)8-3)16(21)13(4)5/h11-13,15H,6-10H2,1-5H3. The van der Waals surface area contributed by atoms with E-state index in [4.69, 9.17) is 0 Å². The van der Waals surface area contributed by atoms with Crippen molar-refractivity contribution in [3.05, 3.63) is 18.0 Å². The fourth-order valence-corrected chi connectivity index (χ4v) is 2.36. The second-order valence-corrected chi connectivity index (χ2v) is 5.83. The van der Waals surface area contributed by atoms with E-state index in [0.29, 0.717) is 5.95 Å². The summed E-state index contributed by atoms with van der Waals surface area (Å²) in [5.41, 5.74) is 1.14.